The molecule has 0 fully saturated rings. The molecule has 0 aliphatic rings. The summed E-state index contributed by atoms with van der Waals surface area (Å²) in [5.74, 6) is 0. The zero-order valence-electron chi connectivity index (χ0n) is 12.4. The van der Waals surface area contributed by atoms with Gasteiger partial charge >= 0.3 is 0 Å². The lowest BCUT2D eigenvalue weighted by atomic mass is 9.95. The standard InChI is InChI=1S/C17H22N2/c1-11-8-12(2)17(13(3)9-11)15(5)19-16-7-6-14(4)18-10-16/h6-10,15,19H,1-5H3. The van der Waals surface area contributed by atoms with Crippen molar-refractivity contribution in [2.24, 2.45) is 0 Å². The Balaban J connectivity index is 2.25. The van der Waals surface area contributed by atoms with Crippen molar-refractivity contribution in [1.29, 1.82) is 0 Å². The Kier molecular flexibility index (Phi) is 3.89. The maximum Gasteiger partial charge on any atom is 0.0531 e. The number of anilines is 1. The molecule has 1 aromatic heterocycles. The summed E-state index contributed by atoms with van der Waals surface area (Å²) < 4.78 is 0. The zero-order valence-corrected chi connectivity index (χ0v) is 12.4. The number of pyridine rings is 1. The Morgan fingerprint density at radius 3 is 2.16 bits per heavy atom. The number of aromatic nitrogens is 1. The lowest BCUT2D eigenvalue weighted by Crippen LogP contribution is -2.10. The summed E-state index contributed by atoms with van der Waals surface area (Å²) in [5, 5.41) is 3.52. The van der Waals surface area contributed by atoms with E-state index in [0.717, 1.165) is 11.4 Å². The Bertz CT molecular complexity index is 547. The van der Waals surface area contributed by atoms with Crippen molar-refractivity contribution in [3.63, 3.8) is 0 Å². The van der Waals surface area contributed by atoms with E-state index in [2.05, 4.69) is 56.2 Å². The lowest BCUT2D eigenvalue weighted by molar-refractivity contribution is 0.860. The van der Waals surface area contributed by atoms with Crippen molar-refractivity contribution in [3.8, 4) is 0 Å². The Morgan fingerprint density at radius 2 is 1.63 bits per heavy atom. The van der Waals surface area contributed by atoms with Gasteiger partial charge in [-0.1, -0.05) is 17.7 Å². The van der Waals surface area contributed by atoms with E-state index in [4.69, 9.17) is 0 Å². The van der Waals surface area contributed by atoms with Crippen molar-refractivity contribution >= 4 is 5.69 Å². The topological polar surface area (TPSA) is 24.9 Å². The molecule has 0 amide bonds. The third-order valence-electron chi connectivity index (χ3n) is 3.47. The molecule has 2 heteroatoms. The van der Waals surface area contributed by atoms with Crippen LogP contribution in [0.5, 0.6) is 0 Å². The van der Waals surface area contributed by atoms with Crippen LogP contribution in [0.15, 0.2) is 30.5 Å². The van der Waals surface area contributed by atoms with Crippen LogP contribution in [-0.2, 0) is 0 Å². The second-order valence-electron chi connectivity index (χ2n) is 5.37. The number of hydrogen-bond acceptors (Lipinski definition) is 2. The molecular weight excluding hydrogens is 232 g/mol. The van der Waals surface area contributed by atoms with Crippen LogP contribution in [0.1, 0.15) is 40.9 Å². The number of benzene rings is 1. The summed E-state index contributed by atoms with van der Waals surface area (Å²) in [5.41, 5.74) is 7.50. The fourth-order valence-corrected chi connectivity index (χ4v) is 2.75. The summed E-state index contributed by atoms with van der Waals surface area (Å²) in [6, 6.07) is 8.88. The number of nitrogens with one attached hydrogen (secondary N) is 1. The van der Waals surface area contributed by atoms with Gasteiger partial charge in [0.2, 0.25) is 0 Å². The van der Waals surface area contributed by atoms with Crippen LogP contribution < -0.4 is 5.32 Å². The molecule has 0 saturated carbocycles. The predicted molar refractivity (Wildman–Crippen MR) is 81.7 cm³/mol. The second-order valence-corrected chi connectivity index (χ2v) is 5.37. The van der Waals surface area contributed by atoms with Gasteiger partial charge in [0.1, 0.15) is 0 Å². The molecule has 0 saturated heterocycles. The number of aryl methyl sites for hydroxylation is 4. The van der Waals surface area contributed by atoms with E-state index in [-0.39, 0.29) is 6.04 Å². The van der Waals surface area contributed by atoms with Crippen molar-refractivity contribution in [1.82, 2.24) is 4.98 Å². The molecule has 2 rings (SSSR count). The van der Waals surface area contributed by atoms with Crippen LogP contribution in [0.25, 0.3) is 0 Å². The first-order chi connectivity index (χ1) is 8.97. The van der Waals surface area contributed by atoms with Gasteiger partial charge in [-0.05, 0) is 63.4 Å². The summed E-state index contributed by atoms with van der Waals surface area (Å²) in [7, 11) is 0. The highest BCUT2D eigenvalue weighted by molar-refractivity contribution is 5.47. The van der Waals surface area contributed by atoms with Gasteiger partial charge in [0.15, 0.2) is 0 Å². The first kappa shape index (κ1) is 13.6. The van der Waals surface area contributed by atoms with Crippen LogP contribution in [-0.4, -0.2) is 4.98 Å². The Hall–Kier alpha value is -1.83. The second kappa shape index (κ2) is 5.43. The average Bonchev–Trinajstić information content (AvgIpc) is 2.30. The number of hydrogen-bond donors (Lipinski definition) is 1. The molecule has 100 valence electrons. The van der Waals surface area contributed by atoms with Crippen molar-refractivity contribution in [3.05, 3.63) is 58.4 Å². The smallest absolute Gasteiger partial charge is 0.0531 e. The first-order valence-electron chi connectivity index (χ1n) is 6.74. The largest absolute Gasteiger partial charge is 0.377 e. The van der Waals surface area contributed by atoms with E-state index in [1.54, 1.807) is 0 Å². The molecule has 2 nitrogen and oxygen atoms in total. The van der Waals surface area contributed by atoms with Gasteiger partial charge in [0, 0.05) is 11.7 Å². The summed E-state index contributed by atoms with van der Waals surface area (Å²) in [6.45, 7) is 10.7. The van der Waals surface area contributed by atoms with Crippen molar-refractivity contribution in [2.45, 2.75) is 40.7 Å². The van der Waals surface area contributed by atoms with Crippen LogP contribution in [0.4, 0.5) is 5.69 Å². The normalized spacial score (nSPS) is 12.3. The van der Waals surface area contributed by atoms with Gasteiger partial charge in [0.25, 0.3) is 0 Å². The van der Waals surface area contributed by atoms with Gasteiger partial charge in [-0.3, -0.25) is 4.98 Å². The van der Waals surface area contributed by atoms with Gasteiger partial charge in [-0.25, -0.2) is 0 Å². The van der Waals surface area contributed by atoms with Crippen LogP contribution in [0, 0.1) is 27.7 Å². The molecule has 1 atom stereocenters. The van der Waals surface area contributed by atoms with E-state index in [9.17, 15) is 0 Å². The minimum atomic E-state index is 0.283. The van der Waals surface area contributed by atoms with E-state index in [1.165, 1.54) is 22.3 Å². The molecule has 0 bridgehead atoms. The van der Waals surface area contributed by atoms with E-state index in [0.29, 0.717) is 0 Å². The molecule has 1 unspecified atom stereocenters. The summed E-state index contributed by atoms with van der Waals surface area (Å²) in [6.07, 6.45) is 1.89. The SMILES string of the molecule is Cc1cc(C)c(C(C)Nc2ccc(C)nc2)c(C)c1. The minimum Gasteiger partial charge on any atom is -0.377 e. The average molecular weight is 254 g/mol. The highest BCUT2D eigenvalue weighted by atomic mass is 14.9. The van der Waals surface area contributed by atoms with E-state index < -0.39 is 0 Å². The molecule has 1 N–H and O–H groups in total. The molecule has 0 aliphatic heterocycles. The van der Waals surface area contributed by atoms with Gasteiger partial charge in [-0.15, -0.1) is 0 Å². The fourth-order valence-electron chi connectivity index (χ4n) is 2.75. The van der Waals surface area contributed by atoms with E-state index >= 15 is 0 Å². The summed E-state index contributed by atoms with van der Waals surface area (Å²) >= 11 is 0. The molecule has 19 heavy (non-hydrogen) atoms. The molecular formula is C17H22N2. The Labute approximate surface area is 115 Å². The van der Waals surface area contributed by atoms with Crippen LogP contribution in [0.2, 0.25) is 0 Å². The van der Waals surface area contributed by atoms with Crippen LogP contribution >= 0.6 is 0 Å². The maximum atomic E-state index is 4.32. The van der Waals surface area contributed by atoms with Crippen molar-refractivity contribution in [2.75, 3.05) is 5.32 Å². The van der Waals surface area contributed by atoms with Gasteiger partial charge in [0.05, 0.1) is 11.9 Å². The minimum absolute atomic E-state index is 0.283. The van der Waals surface area contributed by atoms with Gasteiger partial charge in [-0.2, -0.15) is 0 Å². The third kappa shape index (κ3) is 3.14. The fraction of sp³-hybridized carbons (Fsp3) is 0.353. The van der Waals surface area contributed by atoms with Crippen molar-refractivity contribution < 1.29 is 0 Å². The predicted octanol–water partition coefficient (Wildman–Crippen LogP) is 4.49. The van der Waals surface area contributed by atoms with Gasteiger partial charge < -0.3 is 5.32 Å². The molecule has 2 aromatic rings. The highest BCUT2D eigenvalue weighted by Gasteiger charge is 2.11. The third-order valence-corrected chi connectivity index (χ3v) is 3.47. The quantitative estimate of drug-likeness (QED) is 0.873. The molecule has 0 aliphatic carbocycles. The molecule has 1 heterocycles. The highest BCUT2D eigenvalue weighted by Crippen LogP contribution is 2.26. The number of rotatable bonds is 3. The first-order valence-corrected chi connectivity index (χ1v) is 6.74. The van der Waals surface area contributed by atoms with Crippen LogP contribution in [0.3, 0.4) is 0 Å². The Morgan fingerprint density at radius 1 is 1.00 bits per heavy atom. The number of nitrogens with zero attached hydrogens (tertiary/aromatic N) is 1. The monoisotopic (exact) mass is 254 g/mol. The maximum absolute atomic E-state index is 4.32. The van der Waals surface area contributed by atoms with E-state index in [1.807, 2.05) is 19.2 Å². The molecule has 0 spiro atoms. The lowest BCUT2D eigenvalue weighted by Gasteiger charge is -2.20. The molecule has 1 aromatic carbocycles. The zero-order chi connectivity index (χ0) is 14.0. The molecule has 0 radical (unpaired) electrons. The summed E-state index contributed by atoms with van der Waals surface area (Å²) in [4.78, 5) is 4.32.